The maximum atomic E-state index is 12.7. The molecule has 1 atom stereocenters. The molecule has 0 radical (unpaired) electrons. The molecule has 2 aromatic rings. The molecule has 0 aliphatic carbocycles. The summed E-state index contributed by atoms with van der Waals surface area (Å²) >= 11 is 0. The molecule has 136 valence electrons. The topological polar surface area (TPSA) is 55.3 Å². The lowest BCUT2D eigenvalue weighted by molar-refractivity contribution is -0.138. The zero-order valence-corrected chi connectivity index (χ0v) is 15.7. The van der Waals surface area contributed by atoms with Crippen LogP contribution in [0, 0.1) is 5.41 Å². The quantitative estimate of drug-likeness (QED) is 0.792. The summed E-state index contributed by atoms with van der Waals surface area (Å²) in [6, 6.07) is 10.0. The van der Waals surface area contributed by atoms with Gasteiger partial charge in [-0.3, -0.25) is 4.79 Å². The second-order valence-corrected chi connectivity index (χ2v) is 8.43. The van der Waals surface area contributed by atoms with Crippen LogP contribution >= 0.6 is 0 Å². The number of ether oxygens (including phenoxy) is 1. The summed E-state index contributed by atoms with van der Waals surface area (Å²) in [5.41, 5.74) is 2.52. The largest absolute Gasteiger partial charge is 0.376 e. The maximum Gasteiger partial charge on any atom is 0.227 e. The molecule has 5 heteroatoms. The summed E-state index contributed by atoms with van der Waals surface area (Å²) in [6.07, 6.45) is 2.77. The fraction of sp³-hybridized carbons (Fsp3) is 0.476. The van der Waals surface area contributed by atoms with E-state index in [1.54, 1.807) is 0 Å². The molecule has 0 N–H and O–H groups in total. The highest BCUT2D eigenvalue weighted by molar-refractivity contribution is 5.82. The molecule has 26 heavy (non-hydrogen) atoms. The van der Waals surface area contributed by atoms with E-state index in [0.29, 0.717) is 19.8 Å². The lowest BCUT2D eigenvalue weighted by Crippen LogP contribution is -2.44. The Kier molecular flexibility index (Phi) is 4.07. The van der Waals surface area contributed by atoms with Crippen molar-refractivity contribution in [3.63, 3.8) is 0 Å². The molecule has 0 saturated carbocycles. The van der Waals surface area contributed by atoms with Gasteiger partial charge < -0.3 is 9.64 Å². The average Bonchev–Trinajstić information content (AvgIpc) is 3.06. The monoisotopic (exact) mass is 351 g/mol. The molecule has 5 nitrogen and oxygen atoms in total. The normalized spacial score (nSPS) is 22.5. The molecule has 1 spiro atoms. The molecule has 2 aliphatic rings. The van der Waals surface area contributed by atoms with Gasteiger partial charge in [0.15, 0.2) is 5.82 Å². The predicted molar refractivity (Wildman–Crippen MR) is 99.5 cm³/mol. The minimum Gasteiger partial charge on any atom is -0.376 e. The van der Waals surface area contributed by atoms with Crippen molar-refractivity contribution in [3.05, 3.63) is 47.8 Å². The Hall–Kier alpha value is -2.27. The van der Waals surface area contributed by atoms with Crippen LogP contribution in [0.4, 0.5) is 0 Å². The Labute approximate surface area is 154 Å². The number of nitrogens with zero attached hydrogens (tertiary/aromatic N) is 3. The van der Waals surface area contributed by atoms with Crippen molar-refractivity contribution in [3.8, 4) is 11.4 Å². The number of hydrogen-bond donors (Lipinski definition) is 0. The molecule has 0 unspecified atom stereocenters. The van der Waals surface area contributed by atoms with Crippen molar-refractivity contribution in [2.45, 2.75) is 39.2 Å². The van der Waals surface area contributed by atoms with E-state index >= 15 is 0 Å². The molecular formula is C21H25N3O2. The molecule has 1 fully saturated rings. The fourth-order valence-corrected chi connectivity index (χ4v) is 3.95. The van der Waals surface area contributed by atoms with Gasteiger partial charge in [-0.25, -0.2) is 9.97 Å². The second kappa shape index (κ2) is 6.16. The van der Waals surface area contributed by atoms with Crippen molar-refractivity contribution >= 4 is 5.91 Å². The van der Waals surface area contributed by atoms with Crippen molar-refractivity contribution < 1.29 is 9.53 Å². The van der Waals surface area contributed by atoms with Crippen LogP contribution in [0.1, 0.15) is 38.4 Å². The van der Waals surface area contributed by atoms with E-state index in [-0.39, 0.29) is 16.7 Å². The first kappa shape index (κ1) is 17.2. The van der Waals surface area contributed by atoms with Gasteiger partial charge in [-0.05, 0) is 6.42 Å². The van der Waals surface area contributed by atoms with E-state index in [0.717, 1.165) is 35.6 Å². The zero-order chi connectivity index (χ0) is 18.4. The van der Waals surface area contributed by atoms with Gasteiger partial charge in [-0.1, -0.05) is 51.1 Å². The Balaban J connectivity index is 1.70. The van der Waals surface area contributed by atoms with E-state index in [4.69, 9.17) is 9.72 Å². The number of rotatable bonds is 1. The van der Waals surface area contributed by atoms with Crippen LogP contribution in [-0.2, 0) is 21.6 Å². The van der Waals surface area contributed by atoms with Crippen molar-refractivity contribution in [2.24, 2.45) is 5.41 Å². The van der Waals surface area contributed by atoms with Crippen LogP contribution in [0.5, 0.6) is 0 Å². The van der Waals surface area contributed by atoms with Gasteiger partial charge in [0.2, 0.25) is 5.91 Å². The van der Waals surface area contributed by atoms with Crippen molar-refractivity contribution in [2.75, 3.05) is 19.7 Å². The van der Waals surface area contributed by atoms with Gasteiger partial charge in [0.25, 0.3) is 0 Å². The molecular weight excluding hydrogens is 326 g/mol. The second-order valence-electron chi connectivity index (χ2n) is 8.43. The Morgan fingerprint density at radius 1 is 1.23 bits per heavy atom. The molecule has 2 aliphatic heterocycles. The Morgan fingerprint density at radius 3 is 2.73 bits per heavy atom. The van der Waals surface area contributed by atoms with E-state index in [9.17, 15) is 4.79 Å². The van der Waals surface area contributed by atoms with Crippen LogP contribution in [-0.4, -0.2) is 40.5 Å². The number of hydrogen-bond acceptors (Lipinski definition) is 4. The fourth-order valence-electron chi connectivity index (χ4n) is 3.95. The molecule has 1 saturated heterocycles. The number of carbonyl (C=O) groups is 1. The first-order valence-corrected chi connectivity index (χ1v) is 9.18. The maximum absolute atomic E-state index is 12.7. The predicted octanol–water partition coefficient (Wildman–Crippen LogP) is 3.19. The molecule has 4 rings (SSSR count). The van der Waals surface area contributed by atoms with Crippen molar-refractivity contribution in [1.82, 2.24) is 14.9 Å². The van der Waals surface area contributed by atoms with Crippen LogP contribution in [0.25, 0.3) is 11.4 Å². The Morgan fingerprint density at radius 2 is 2.00 bits per heavy atom. The van der Waals surface area contributed by atoms with Gasteiger partial charge in [-0.2, -0.15) is 0 Å². The minimum absolute atomic E-state index is 0.193. The van der Waals surface area contributed by atoms with Crippen LogP contribution < -0.4 is 0 Å². The summed E-state index contributed by atoms with van der Waals surface area (Å²) in [7, 11) is 0. The van der Waals surface area contributed by atoms with Crippen LogP contribution in [0.2, 0.25) is 0 Å². The summed E-state index contributed by atoms with van der Waals surface area (Å²) < 4.78 is 5.88. The van der Waals surface area contributed by atoms with E-state index in [1.807, 2.05) is 62.2 Å². The van der Waals surface area contributed by atoms with Crippen molar-refractivity contribution in [1.29, 1.82) is 0 Å². The summed E-state index contributed by atoms with van der Waals surface area (Å²) in [6.45, 7) is 8.49. The third-order valence-corrected chi connectivity index (χ3v) is 5.32. The number of fused-ring (bicyclic) bond motifs is 2. The summed E-state index contributed by atoms with van der Waals surface area (Å²) in [5, 5.41) is 0. The molecule has 3 heterocycles. The summed E-state index contributed by atoms with van der Waals surface area (Å²) in [4.78, 5) is 24.2. The lowest BCUT2D eigenvalue weighted by atomic mass is 9.80. The van der Waals surface area contributed by atoms with Gasteiger partial charge in [0.05, 0.1) is 24.3 Å². The van der Waals surface area contributed by atoms with E-state index < -0.39 is 0 Å². The molecule has 1 amide bonds. The number of carbonyl (C=O) groups excluding carboxylic acids is 1. The summed E-state index contributed by atoms with van der Waals surface area (Å²) in [5.74, 6) is 0.935. The van der Waals surface area contributed by atoms with E-state index in [2.05, 4.69) is 4.98 Å². The number of aromatic nitrogens is 2. The van der Waals surface area contributed by atoms with Gasteiger partial charge in [0.1, 0.15) is 0 Å². The number of benzene rings is 1. The molecule has 1 aromatic carbocycles. The highest BCUT2D eigenvalue weighted by atomic mass is 16.5. The SMILES string of the molecule is CC(C)(C)C(=O)N1CC[C@@]2(COCc3cnc(-c4ccccc4)nc32)C1. The van der Waals surface area contributed by atoms with Gasteiger partial charge in [0, 0.05) is 35.8 Å². The van der Waals surface area contributed by atoms with E-state index in [1.165, 1.54) is 0 Å². The highest BCUT2D eigenvalue weighted by Crippen LogP contribution is 2.40. The minimum atomic E-state index is -0.370. The third-order valence-electron chi connectivity index (χ3n) is 5.32. The zero-order valence-electron chi connectivity index (χ0n) is 15.7. The third kappa shape index (κ3) is 2.90. The van der Waals surface area contributed by atoms with Gasteiger partial charge >= 0.3 is 0 Å². The lowest BCUT2D eigenvalue weighted by Gasteiger charge is -2.35. The highest BCUT2D eigenvalue weighted by Gasteiger charge is 2.47. The first-order valence-electron chi connectivity index (χ1n) is 9.18. The first-order chi connectivity index (χ1) is 12.4. The van der Waals surface area contributed by atoms with Gasteiger partial charge in [-0.15, -0.1) is 0 Å². The number of likely N-dealkylation sites (tertiary alicyclic amines) is 1. The molecule has 1 aromatic heterocycles. The smallest absolute Gasteiger partial charge is 0.227 e. The van der Waals surface area contributed by atoms with Crippen LogP contribution in [0.15, 0.2) is 36.5 Å². The standard InChI is InChI=1S/C21H25N3O2/c1-20(2,3)19(25)24-10-9-21(13-24)14-26-12-16-11-22-18(23-17(16)21)15-7-5-4-6-8-15/h4-8,11H,9-10,12-14H2,1-3H3/t21-/m0/s1. The Bertz CT molecular complexity index is 829. The average molecular weight is 351 g/mol. The van der Waals surface area contributed by atoms with Crippen LogP contribution in [0.3, 0.4) is 0 Å². The molecule has 0 bridgehead atoms. The number of amides is 1.